The van der Waals surface area contributed by atoms with Gasteiger partial charge in [-0.25, -0.2) is 0 Å². The molecule has 2 atom stereocenters. The zero-order valence-corrected chi connectivity index (χ0v) is 21.9. The Hall–Kier alpha value is -2.72. The van der Waals surface area contributed by atoms with Crippen LogP contribution >= 0.6 is 27.5 Å². The van der Waals surface area contributed by atoms with Crippen LogP contribution < -0.4 is 5.32 Å². The fraction of sp³-hybridized carbons (Fsp3) is 0.480. The van der Waals surface area contributed by atoms with Gasteiger partial charge in [-0.3, -0.25) is 9.48 Å². The molecular weight excluding hydrogens is 548 g/mol. The number of amides is 1. The quantitative estimate of drug-likeness (QED) is 0.285. The van der Waals surface area contributed by atoms with E-state index in [1.54, 1.807) is 10.9 Å². The molecule has 36 heavy (non-hydrogen) atoms. The molecule has 0 aliphatic heterocycles. The van der Waals surface area contributed by atoms with E-state index in [0.29, 0.717) is 40.1 Å². The van der Waals surface area contributed by atoms with Crippen LogP contribution in [-0.4, -0.2) is 30.4 Å². The summed E-state index contributed by atoms with van der Waals surface area (Å²) in [6, 6.07) is 9.42. The van der Waals surface area contributed by atoms with Gasteiger partial charge in [0, 0.05) is 23.7 Å². The first-order chi connectivity index (χ1) is 17.2. The molecule has 1 N–H and O–H groups in total. The summed E-state index contributed by atoms with van der Waals surface area (Å²) in [5.41, 5.74) is 0.693. The van der Waals surface area contributed by atoms with Gasteiger partial charge in [0.2, 0.25) is 5.91 Å². The fourth-order valence-corrected chi connectivity index (χ4v) is 7.95. The van der Waals surface area contributed by atoms with Crippen LogP contribution in [0.4, 0.5) is 11.6 Å². The monoisotopic (exact) mass is 572 g/mol. The van der Waals surface area contributed by atoms with E-state index in [1.165, 1.54) is 6.42 Å². The van der Waals surface area contributed by atoms with Gasteiger partial charge < -0.3 is 15.4 Å². The Morgan fingerprint density at radius 1 is 1.17 bits per heavy atom. The molecule has 9 nitrogen and oxygen atoms in total. The molecule has 7 rings (SSSR count). The summed E-state index contributed by atoms with van der Waals surface area (Å²) >= 11 is 9.27. The van der Waals surface area contributed by atoms with Crippen LogP contribution in [-0.2, 0) is 16.9 Å². The molecule has 3 aromatic rings. The lowest BCUT2D eigenvalue weighted by Gasteiger charge is -2.61. The third-order valence-electron chi connectivity index (χ3n) is 8.16. The van der Waals surface area contributed by atoms with Crippen molar-refractivity contribution in [1.29, 1.82) is 0 Å². The first kappa shape index (κ1) is 23.7. The predicted molar refractivity (Wildman–Crippen MR) is 138 cm³/mol. The molecule has 4 fully saturated rings. The number of carbonyl (C=O) groups is 1. The molecule has 1 aromatic carbocycles. The number of nitrogens with zero attached hydrogens (tertiary/aromatic N) is 5. The molecule has 1 amide bonds. The van der Waals surface area contributed by atoms with E-state index >= 15 is 0 Å². The Kier molecular flexibility index (Phi) is 5.71. The van der Waals surface area contributed by atoms with E-state index in [9.17, 15) is 14.9 Å². The van der Waals surface area contributed by atoms with Gasteiger partial charge in [0.1, 0.15) is 4.47 Å². The van der Waals surface area contributed by atoms with E-state index in [1.807, 2.05) is 41.2 Å². The number of aromatic nitrogens is 4. The number of hydrogen-bond donors (Lipinski definition) is 1. The van der Waals surface area contributed by atoms with Gasteiger partial charge in [-0.1, -0.05) is 23.7 Å². The van der Waals surface area contributed by atoms with Crippen LogP contribution in [0.2, 0.25) is 5.02 Å². The summed E-state index contributed by atoms with van der Waals surface area (Å²) < 4.78 is 4.03. The summed E-state index contributed by atoms with van der Waals surface area (Å²) in [6.07, 6.45) is 10.00. The van der Waals surface area contributed by atoms with Gasteiger partial charge in [-0.05, 0) is 94.3 Å². The number of halogens is 2. The zero-order valence-electron chi connectivity index (χ0n) is 19.6. The number of anilines is 1. The maximum Gasteiger partial charge on any atom is 0.404 e. The van der Waals surface area contributed by atoms with Gasteiger partial charge in [0.05, 0.1) is 23.4 Å². The molecule has 2 heterocycles. The van der Waals surface area contributed by atoms with Gasteiger partial charge in [0.25, 0.3) is 0 Å². The van der Waals surface area contributed by atoms with Crippen molar-refractivity contribution in [3.05, 3.63) is 67.9 Å². The molecule has 4 saturated carbocycles. The number of rotatable bonds is 7. The Morgan fingerprint density at radius 2 is 1.89 bits per heavy atom. The van der Waals surface area contributed by atoms with Crippen molar-refractivity contribution >= 4 is 45.1 Å². The Bertz CT molecular complexity index is 1320. The average Bonchev–Trinajstić information content (AvgIpc) is 3.40. The lowest BCUT2D eigenvalue weighted by Crippen LogP contribution is -2.57. The third kappa shape index (κ3) is 4.34. The molecule has 2 unspecified atom stereocenters. The van der Waals surface area contributed by atoms with Crippen molar-refractivity contribution in [3.63, 3.8) is 0 Å². The summed E-state index contributed by atoms with van der Waals surface area (Å²) in [5, 5.41) is 24.0. The molecule has 4 aliphatic carbocycles. The second-order valence-electron chi connectivity index (χ2n) is 10.9. The van der Waals surface area contributed by atoms with Gasteiger partial charge >= 0.3 is 5.82 Å². The highest BCUT2D eigenvalue weighted by Crippen LogP contribution is 2.65. The van der Waals surface area contributed by atoms with E-state index < -0.39 is 4.92 Å². The van der Waals surface area contributed by atoms with Crippen LogP contribution in [0.1, 0.15) is 50.5 Å². The smallest absolute Gasteiger partial charge is 0.358 e. The standard InChI is InChI=1S/C25H26BrClN6O3/c26-20-14-32(30-23(20)33(35)36)25-10-17-7-18(11-25)9-24(8-17,15-25)12-22(34)28-21-5-6-31(29-21)13-16-1-3-19(27)4-2-16/h1-6,14,17-18H,7-13,15H2,(H,28,29,34). The van der Waals surface area contributed by atoms with Crippen LogP contribution in [0.3, 0.4) is 0 Å². The van der Waals surface area contributed by atoms with Crippen molar-refractivity contribution in [2.24, 2.45) is 17.3 Å². The van der Waals surface area contributed by atoms with Crippen molar-refractivity contribution in [2.45, 2.75) is 57.0 Å². The number of hydrogen-bond acceptors (Lipinski definition) is 5. The minimum Gasteiger partial charge on any atom is -0.358 e. The average molecular weight is 574 g/mol. The Balaban J connectivity index is 1.16. The molecule has 0 spiro atoms. The fourth-order valence-electron chi connectivity index (χ4n) is 7.41. The van der Waals surface area contributed by atoms with E-state index in [0.717, 1.165) is 37.7 Å². The Morgan fingerprint density at radius 3 is 2.56 bits per heavy atom. The normalized spacial score (nSPS) is 28.4. The minimum atomic E-state index is -0.448. The van der Waals surface area contributed by atoms with E-state index in [-0.39, 0.29) is 22.7 Å². The number of nitrogens with one attached hydrogen (secondary N) is 1. The molecule has 4 aliphatic rings. The largest absolute Gasteiger partial charge is 0.404 e. The first-order valence-electron chi connectivity index (χ1n) is 12.2. The highest BCUT2D eigenvalue weighted by atomic mass is 79.9. The van der Waals surface area contributed by atoms with Crippen molar-refractivity contribution in [2.75, 3.05) is 5.32 Å². The second-order valence-corrected chi connectivity index (χ2v) is 12.2. The molecule has 11 heteroatoms. The van der Waals surface area contributed by atoms with E-state index in [2.05, 4.69) is 31.4 Å². The van der Waals surface area contributed by atoms with E-state index in [4.69, 9.17) is 11.6 Å². The van der Waals surface area contributed by atoms with Crippen molar-refractivity contribution < 1.29 is 9.72 Å². The molecule has 4 bridgehead atoms. The van der Waals surface area contributed by atoms with Gasteiger partial charge in [-0.15, -0.1) is 0 Å². The first-order valence-corrected chi connectivity index (χ1v) is 13.4. The maximum absolute atomic E-state index is 13.2. The number of carbonyl (C=O) groups excluding carboxylic acids is 1. The maximum atomic E-state index is 13.2. The summed E-state index contributed by atoms with van der Waals surface area (Å²) in [7, 11) is 0. The predicted octanol–water partition coefficient (Wildman–Crippen LogP) is 5.78. The zero-order chi connectivity index (χ0) is 25.1. The summed E-state index contributed by atoms with van der Waals surface area (Å²) in [5.74, 6) is 1.39. The molecule has 188 valence electrons. The van der Waals surface area contributed by atoms with Crippen LogP contribution in [0.5, 0.6) is 0 Å². The molecule has 2 aromatic heterocycles. The minimum absolute atomic E-state index is 0.0310. The molecule has 0 radical (unpaired) electrons. The molecule has 0 saturated heterocycles. The van der Waals surface area contributed by atoms with Crippen LogP contribution in [0.15, 0.2) is 47.2 Å². The molecular formula is C25H26BrClN6O3. The second kappa shape index (κ2) is 8.69. The third-order valence-corrected chi connectivity index (χ3v) is 8.97. The highest BCUT2D eigenvalue weighted by Gasteiger charge is 2.60. The van der Waals surface area contributed by atoms with Crippen LogP contribution in [0, 0.1) is 27.4 Å². The topological polar surface area (TPSA) is 108 Å². The highest BCUT2D eigenvalue weighted by molar-refractivity contribution is 9.10. The van der Waals surface area contributed by atoms with Crippen molar-refractivity contribution in [1.82, 2.24) is 19.6 Å². The summed E-state index contributed by atoms with van der Waals surface area (Å²) in [4.78, 5) is 24.1. The van der Waals surface area contributed by atoms with Crippen LogP contribution in [0.25, 0.3) is 0 Å². The van der Waals surface area contributed by atoms with Crippen molar-refractivity contribution in [3.8, 4) is 0 Å². The SMILES string of the molecule is O=C(CC12CC3CC(C1)CC(n1cc(Br)c([N+](=O)[O-])n1)(C3)C2)Nc1ccn(Cc2ccc(Cl)cc2)n1. The number of benzene rings is 1. The van der Waals surface area contributed by atoms with Gasteiger partial charge in [0.15, 0.2) is 5.82 Å². The lowest BCUT2D eigenvalue weighted by atomic mass is 9.46. The number of nitro groups is 1. The van der Waals surface area contributed by atoms with Gasteiger partial charge in [-0.2, -0.15) is 9.78 Å². The lowest BCUT2D eigenvalue weighted by molar-refractivity contribution is -0.390. The summed E-state index contributed by atoms with van der Waals surface area (Å²) in [6.45, 7) is 0.592. The Labute approximate surface area is 221 Å².